The van der Waals surface area contributed by atoms with E-state index >= 15 is 0 Å². The van der Waals surface area contributed by atoms with Gasteiger partial charge in [-0.1, -0.05) is 11.6 Å². The summed E-state index contributed by atoms with van der Waals surface area (Å²) in [6, 6.07) is 6.76. The van der Waals surface area contributed by atoms with E-state index in [2.05, 4.69) is 10.1 Å². The van der Waals surface area contributed by atoms with Crippen molar-refractivity contribution >= 4 is 17.4 Å². The standard InChI is InChI=1S/C15H16ClN3O4/c1-15(6-21-10-22-7-15)13(20)14(19-9-17-8-18-19)23-12-4-2-11(16)3-5-12/h2-5,8-9,14H,6-7,10H2,1H3. The smallest absolute Gasteiger partial charge is 0.252 e. The molecule has 1 saturated heterocycles. The van der Waals surface area contributed by atoms with E-state index in [0.29, 0.717) is 10.8 Å². The molecule has 8 heteroatoms. The maximum Gasteiger partial charge on any atom is 0.252 e. The molecule has 1 atom stereocenters. The summed E-state index contributed by atoms with van der Waals surface area (Å²) in [5, 5.41) is 4.61. The molecule has 1 aromatic heterocycles. The SMILES string of the molecule is CC1(C(=O)C(Oc2ccc(Cl)cc2)n2cncn2)COCOC1. The second-order valence-electron chi connectivity index (χ2n) is 5.54. The molecule has 0 saturated carbocycles. The Bertz CT molecular complexity index is 654. The van der Waals surface area contributed by atoms with Crippen molar-refractivity contribution in [1.82, 2.24) is 14.8 Å². The lowest BCUT2D eigenvalue weighted by Gasteiger charge is -2.34. The summed E-state index contributed by atoms with van der Waals surface area (Å²) >= 11 is 5.87. The van der Waals surface area contributed by atoms with E-state index in [9.17, 15) is 4.79 Å². The predicted molar refractivity (Wildman–Crippen MR) is 81.0 cm³/mol. The van der Waals surface area contributed by atoms with Crippen LogP contribution in [0, 0.1) is 5.41 Å². The molecule has 1 aliphatic rings. The molecule has 2 heterocycles. The third-order valence-electron chi connectivity index (χ3n) is 3.57. The number of carbonyl (C=O) groups excluding carboxylic acids is 1. The number of benzene rings is 1. The Morgan fingerprint density at radius 3 is 2.65 bits per heavy atom. The lowest BCUT2D eigenvalue weighted by Crippen LogP contribution is -2.46. The molecule has 0 radical (unpaired) electrons. The first kappa shape index (κ1) is 15.9. The molecule has 0 bridgehead atoms. The lowest BCUT2D eigenvalue weighted by atomic mass is 9.86. The van der Waals surface area contributed by atoms with E-state index in [4.69, 9.17) is 25.8 Å². The number of hydrogen-bond donors (Lipinski definition) is 0. The van der Waals surface area contributed by atoms with Gasteiger partial charge < -0.3 is 14.2 Å². The molecule has 1 aromatic carbocycles. The summed E-state index contributed by atoms with van der Waals surface area (Å²) in [7, 11) is 0. The van der Waals surface area contributed by atoms with Crippen molar-refractivity contribution < 1.29 is 19.0 Å². The number of ketones is 1. The van der Waals surface area contributed by atoms with E-state index in [1.807, 2.05) is 0 Å². The average molecular weight is 338 g/mol. The van der Waals surface area contributed by atoms with Gasteiger partial charge in [-0.15, -0.1) is 0 Å². The molecular formula is C15H16ClN3O4. The summed E-state index contributed by atoms with van der Waals surface area (Å²) in [6.07, 6.45) is 1.82. The van der Waals surface area contributed by atoms with Crippen LogP contribution in [0.5, 0.6) is 5.75 Å². The van der Waals surface area contributed by atoms with Crippen LogP contribution in [0.3, 0.4) is 0 Å². The molecule has 0 amide bonds. The molecule has 1 aliphatic heterocycles. The Kier molecular flexibility index (Phi) is 4.61. The van der Waals surface area contributed by atoms with Crippen molar-refractivity contribution in [2.75, 3.05) is 20.0 Å². The minimum Gasteiger partial charge on any atom is -0.461 e. The molecule has 0 N–H and O–H groups in total. The van der Waals surface area contributed by atoms with Gasteiger partial charge in [0, 0.05) is 5.02 Å². The van der Waals surface area contributed by atoms with Crippen LogP contribution in [-0.4, -0.2) is 40.6 Å². The Labute approximate surface area is 138 Å². The molecule has 1 fully saturated rings. The Morgan fingerprint density at radius 1 is 1.35 bits per heavy atom. The quantitative estimate of drug-likeness (QED) is 0.831. The Hall–Kier alpha value is -1.96. The van der Waals surface area contributed by atoms with Crippen LogP contribution >= 0.6 is 11.6 Å². The number of ether oxygens (including phenoxy) is 3. The summed E-state index contributed by atoms with van der Waals surface area (Å²) in [5.41, 5.74) is -0.818. The van der Waals surface area contributed by atoms with Crippen molar-refractivity contribution in [3.63, 3.8) is 0 Å². The van der Waals surface area contributed by atoms with Crippen molar-refractivity contribution in [2.24, 2.45) is 5.41 Å². The maximum absolute atomic E-state index is 13.0. The normalized spacial score (nSPS) is 18.3. The van der Waals surface area contributed by atoms with Crippen molar-refractivity contribution in [1.29, 1.82) is 0 Å². The van der Waals surface area contributed by atoms with Gasteiger partial charge in [-0.2, -0.15) is 5.10 Å². The van der Waals surface area contributed by atoms with Gasteiger partial charge >= 0.3 is 0 Å². The molecule has 2 aromatic rings. The number of rotatable bonds is 5. The van der Waals surface area contributed by atoms with Crippen LogP contribution in [0.2, 0.25) is 5.02 Å². The highest BCUT2D eigenvalue weighted by molar-refractivity contribution is 6.30. The van der Waals surface area contributed by atoms with Gasteiger partial charge in [0.25, 0.3) is 6.23 Å². The van der Waals surface area contributed by atoms with E-state index < -0.39 is 11.6 Å². The van der Waals surface area contributed by atoms with Crippen LogP contribution in [0.15, 0.2) is 36.9 Å². The van der Waals surface area contributed by atoms with Crippen LogP contribution in [0.1, 0.15) is 13.2 Å². The number of aromatic nitrogens is 3. The molecule has 122 valence electrons. The van der Waals surface area contributed by atoms with Crippen molar-refractivity contribution in [3.8, 4) is 5.75 Å². The van der Waals surface area contributed by atoms with Gasteiger partial charge in [0.05, 0.1) is 18.6 Å². The zero-order chi connectivity index (χ0) is 16.3. The molecular weight excluding hydrogens is 322 g/mol. The number of carbonyl (C=O) groups is 1. The maximum atomic E-state index is 13.0. The van der Waals surface area contributed by atoms with Gasteiger partial charge in [-0.05, 0) is 31.2 Å². The first-order valence-electron chi connectivity index (χ1n) is 7.05. The summed E-state index contributed by atoms with van der Waals surface area (Å²) in [5.74, 6) is 0.308. The molecule has 1 unspecified atom stereocenters. The fourth-order valence-electron chi connectivity index (χ4n) is 2.28. The fourth-order valence-corrected chi connectivity index (χ4v) is 2.41. The highest BCUT2D eigenvalue weighted by Crippen LogP contribution is 2.30. The first-order valence-corrected chi connectivity index (χ1v) is 7.42. The third-order valence-corrected chi connectivity index (χ3v) is 3.82. The second-order valence-corrected chi connectivity index (χ2v) is 5.98. The number of Topliss-reactive ketones (excluding diaryl/α,β-unsaturated/α-hetero) is 1. The highest BCUT2D eigenvalue weighted by Gasteiger charge is 2.42. The van der Waals surface area contributed by atoms with Crippen molar-refractivity contribution in [3.05, 3.63) is 41.9 Å². The fraction of sp³-hybridized carbons (Fsp3) is 0.400. The molecule has 0 aliphatic carbocycles. The molecule has 23 heavy (non-hydrogen) atoms. The van der Waals surface area contributed by atoms with Gasteiger partial charge in [-0.3, -0.25) is 4.79 Å². The minimum absolute atomic E-state index is 0.189. The van der Waals surface area contributed by atoms with Gasteiger partial charge in [0.15, 0.2) is 0 Å². The van der Waals surface area contributed by atoms with E-state index in [1.165, 1.54) is 17.3 Å². The zero-order valence-electron chi connectivity index (χ0n) is 12.5. The third kappa shape index (κ3) is 3.52. The predicted octanol–water partition coefficient (Wildman–Crippen LogP) is 2.09. The zero-order valence-corrected chi connectivity index (χ0v) is 13.3. The molecule has 0 spiro atoms. The molecule has 3 rings (SSSR count). The topological polar surface area (TPSA) is 75.5 Å². The first-order chi connectivity index (χ1) is 11.1. The van der Waals surface area contributed by atoms with E-state index in [1.54, 1.807) is 31.2 Å². The largest absolute Gasteiger partial charge is 0.461 e. The van der Waals surface area contributed by atoms with Crippen LogP contribution in [0.4, 0.5) is 0 Å². The molecule has 7 nitrogen and oxygen atoms in total. The van der Waals surface area contributed by atoms with Gasteiger partial charge in [0.2, 0.25) is 5.78 Å². The Balaban J connectivity index is 1.86. The van der Waals surface area contributed by atoms with E-state index in [-0.39, 0.29) is 25.8 Å². The van der Waals surface area contributed by atoms with E-state index in [0.717, 1.165) is 0 Å². The summed E-state index contributed by atoms with van der Waals surface area (Å²) < 4.78 is 17.8. The monoisotopic (exact) mass is 337 g/mol. The average Bonchev–Trinajstić information content (AvgIpc) is 3.08. The van der Waals surface area contributed by atoms with Crippen molar-refractivity contribution in [2.45, 2.75) is 13.2 Å². The Morgan fingerprint density at radius 2 is 2.04 bits per heavy atom. The van der Waals surface area contributed by atoms with Crippen LogP contribution in [-0.2, 0) is 14.3 Å². The second kappa shape index (κ2) is 6.66. The summed E-state index contributed by atoms with van der Waals surface area (Å²) in [4.78, 5) is 16.9. The number of nitrogens with zero attached hydrogens (tertiary/aromatic N) is 3. The van der Waals surface area contributed by atoms with Gasteiger partial charge in [-0.25, -0.2) is 9.67 Å². The minimum atomic E-state index is -0.964. The number of hydrogen-bond acceptors (Lipinski definition) is 6. The summed E-state index contributed by atoms with van der Waals surface area (Å²) in [6.45, 7) is 2.50. The van der Waals surface area contributed by atoms with Crippen LogP contribution < -0.4 is 4.74 Å². The highest BCUT2D eigenvalue weighted by atomic mass is 35.5. The van der Waals surface area contributed by atoms with Gasteiger partial charge in [0.1, 0.15) is 25.2 Å². The van der Waals surface area contributed by atoms with Crippen LogP contribution in [0.25, 0.3) is 0 Å². The lowest BCUT2D eigenvalue weighted by molar-refractivity contribution is -0.180. The number of halogens is 1.